The number of hydrogen-bond donors (Lipinski definition) is 1. The van der Waals surface area contributed by atoms with Crippen LogP contribution in [-0.2, 0) is 14.8 Å². The number of nitrogens with zero attached hydrogens (tertiary/aromatic N) is 1. The lowest BCUT2D eigenvalue weighted by atomic mass is 10.1. The third-order valence-electron chi connectivity index (χ3n) is 3.42. The van der Waals surface area contributed by atoms with Gasteiger partial charge in [0.1, 0.15) is 11.8 Å². The van der Waals surface area contributed by atoms with Gasteiger partial charge in [-0.15, -0.1) is 0 Å². The first-order valence-electron chi connectivity index (χ1n) is 6.52. The second-order valence-electron chi connectivity index (χ2n) is 4.87. The van der Waals surface area contributed by atoms with Crippen LogP contribution in [0.25, 0.3) is 0 Å². The number of sulfonamides is 1. The van der Waals surface area contributed by atoms with E-state index in [4.69, 9.17) is 9.84 Å². The second kappa shape index (κ2) is 6.44. The van der Waals surface area contributed by atoms with Crippen LogP contribution in [0.5, 0.6) is 5.75 Å². The highest BCUT2D eigenvalue weighted by Gasteiger charge is 2.33. The molecule has 1 N–H and O–H groups in total. The van der Waals surface area contributed by atoms with E-state index in [2.05, 4.69) is 0 Å². The van der Waals surface area contributed by atoms with Gasteiger partial charge in [-0.2, -0.15) is 4.31 Å². The number of benzene rings is 1. The molecule has 0 aromatic heterocycles. The molecule has 21 heavy (non-hydrogen) atoms. The van der Waals surface area contributed by atoms with Crippen molar-refractivity contribution in [3.63, 3.8) is 0 Å². The lowest BCUT2D eigenvalue weighted by molar-refractivity contribution is -0.141. The van der Waals surface area contributed by atoms with Crippen LogP contribution in [-0.4, -0.2) is 44.0 Å². The fraction of sp³-hybridized carbons (Fsp3) is 0.500. The van der Waals surface area contributed by atoms with Gasteiger partial charge in [0.25, 0.3) is 0 Å². The van der Waals surface area contributed by atoms with Crippen molar-refractivity contribution in [1.29, 1.82) is 0 Å². The van der Waals surface area contributed by atoms with Gasteiger partial charge in [-0.1, -0.05) is 6.92 Å². The number of aryl methyl sites for hydroxylation is 2. The highest BCUT2D eigenvalue weighted by molar-refractivity contribution is 7.89. The molecule has 0 bridgehead atoms. The highest BCUT2D eigenvalue weighted by atomic mass is 32.2. The number of carboxylic acids is 1. The molecule has 0 saturated heterocycles. The normalized spacial score (nSPS) is 13.2. The van der Waals surface area contributed by atoms with Crippen LogP contribution >= 0.6 is 0 Å². The Kier molecular flexibility index (Phi) is 5.36. The van der Waals surface area contributed by atoms with E-state index in [1.807, 2.05) is 0 Å². The van der Waals surface area contributed by atoms with Gasteiger partial charge in [-0.05, 0) is 43.5 Å². The molecule has 0 aliphatic rings. The molecule has 1 rings (SSSR count). The largest absolute Gasteiger partial charge is 0.497 e. The molecular weight excluding hydrogens is 294 g/mol. The number of ether oxygens (including phenoxy) is 1. The van der Waals surface area contributed by atoms with Crippen molar-refractivity contribution in [2.75, 3.05) is 14.2 Å². The molecule has 0 amide bonds. The Balaban J connectivity index is 3.41. The van der Waals surface area contributed by atoms with Gasteiger partial charge in [0.2, 0.25) is 10.0 Å². The zero-order chi connectivity index (χ0) is 16.4. The molecule has 0 saturated carbocycles. The number of carboxylic acid groups (broad SMARTS) is 1. The third-order valence-corrected chi connectivity index (χ3v) is 5.59. The summed E-state index contributed by atoms with van der Waals surface area (Å²) in [5.74, 6) is -0.593. The molecule has 0 heterocycles. The molecule has 0 spiro atoms. The molecule has 6 nitrogen and oxygen atoms in total. The Hall–Kier alpha value is -1.60. The summed E-state index contributed by atoms with van der Waals surface area (Å²) in [7, 11) is -1.09. The fourth-order valence-corrected chi connectivity index (χ4v) is 4.13. The van der Waals surface area contributed by atoms with E-state index >= 15 is 0 Å². The maximum Gasteiger partial charge on any atom is 0.321 e. The minimum Gasteiger partial charge on any atom is -0.497 e. The van der Waals surface area contributed by atoms with Crippen molar-refractivity contribution in [1.82, 2.24) is 4.31 Å². The molecule has 1 aromatic rings. The Labute approximate surface area is 125 Å². The van der Waals surface area contributed by atoms with Crippen molar-refractivity contribution in [2.45, 2.75) is 38.1 Å². The molecule has 7 heteroatoms. The first kappa shape index (κ1) is 17.5. The number of rotatable bonds is 6. The zero-order valence-corrected chi connectivity index (χ0v) is 13.7. The van der Waals surface area contributed by atoms with Gasteiger partial charge >= 0.3 is 5.97 Å². The molecule has 0 aliphatic heterocycles. The summed E-state index contributed by atoms with van der Waals surface area (Å²) in [5.41, 5.74) is 1.05. The van der Waals surface area contributed by atoms with Crippen LogP contribution in [0.4, 0.5) is 0 Å². The minimum absolute atomic E-state index is 0.130. The van der Waals surface area contributed by atoms with E-state index in [-0.39, 0.29) is 11.3 Å². The van der Waals surface area contributed by atoms with Crippen LogP contribution in [0.1, 0.15) is 24.5 Å². The van der Waals surface area contributed by atoms with Crippen LogP contribution in [0, 0.1) is 13.8 Å². The minimum atomic E-state index is -3.88. The van der Waals surface area contributed by atoms with E-state index in [9.17, 15) is 13.2 Å². The summed E-state index contributed by atoms with van der Waals surface area (Å²) in [6, 6.07) is 2.15. The molecule has 1 unspecified atom stereocenters. The Morgan fingerprint density at radius 2 is 1.81 bits per heavy atom. The summed E-state index contributed by atoms with van der Waals surface area (Å²) >= 11 is 0. The SMILES string of the molecule is CCC(C(=O)O)N(C)S(=O)(=O)c1c(C)cc(OC)cc1C. The Bertz CT molecular complexity index is 616. The summed E-state index contributed by atoms with van der Waals surface area (Å²) in [4.78, 5) is 11.3. The van der Waals surface area contributed by atoms with Crippen molar-refractivity contribution in [2.24, 2.45) is 0 Å². The predicted octanol–water partition coefficient (Wildman–Crippen LogP) is 1.80. The van der Waals surface area contributed by atoms with Gasteiger partial charge in [-0.25, -0.2) is 8.42 Å². The fourth-order valence-electron chi connectivity index (χ4n) is 2.33. The van der Waals surface area contributed by atoms with Crippen LogP contribution in [0.3, 0.4) is 0 Å². The van der Waals surface area contributed by atoms with Crippen molar-refractivity contribution >= 4 is 16.0 Å². The molecule has 1 atom stereocenters. The lowest BCUT2D eigenvalue weighted by Gasteiger charge is -2.25. The number of carbonyl (C=O) groups is 1. The third kappa shape index (κ3) is 3.36. The average Bonchev–Trinajstić information content (AvgIpc) is 2.37. The van der Waals surface area contributed by atoms with Crippen molar-refractivity contribution in [3.05, 3.63) is 23.3 Å². The summed E-state index contributed by atoms with van der Waals surface area (Å²) in [6.45, 7) is 4.97. The van der Waals surface area contributed by atoms with E-state index in [0.717, 1.165) is 4.31 Å². The second-order valence-corrected chi connectivity index (χ2v) is 6.81. The number of methoxy groups -OCH3 is 1. The van der Waals surface area contributed by atoms with Gasteiger partial charge in [0, 0.05) is 7.05 Å². The number of aliphatic carboxylic acids is 1. The van der Waals surface area contributed by atoms with Gasteiger partial charge in [0.05, 0.1) is 12.0 Å². The average molecular weight is 315 g/mol. The number of likely N-dealkylation sites (N-methyl/N-ethyl adjacent to an activating group) is 1. The molecule has 0 fully saturated rings. The van der Waals surface area contributed by atoms with Gasteiger partial charge in [0.15, 0.2) is 0 Å². The van der Waals surface area contributed by atoms with Crippen molar-refractivity contribution in [3.8, 4) is 5.75 Å². The number of hydrogen-bond acceptors (Lipinski definition) is 4. The van der Waals surface area contributed by atoms with E-state index in [1.54, 1.807) is 32.9 Å². The summed E-state index contributed by atoms with van der Waals surface area (Å²) in [5, 5.41) is 9.15. The van der Waals surface area contributed by atoms with E-state index < -0.39 is 22.0 Å². The first-order chi connectivity index (χ1) is 9.66. The highest BCUT2D eigenvalue weighted by Crippen LogP contribution is 2.28. The van der Waals surface area contributed by atoms with Crippen LogP contribution in [0.2, 0.25) is 0 Å². The zero-order valence-electron chi connectivity index (χ0n) is 12.9. The molecule has 118 valence electrons. The molecule has 1 aromatic carbocycles. The standard InChI is InChI=1S/C14H21NO5S/c1-6-12(14(16)17)15(4)21(18,19)13-9(2)7-11(20-5)8-10(13)3/h7-8,12H,6H2,1-5H3,(H,16,17). The van der Waals surface area contributed by atoms with Crippen LogP contribution < -0.4 is 4.74 Å². The molecule has 0 aliphatic carbocycles. The summed E-state index contributed by atoms with van der Waals surface area (Å²) in [6.07, 6.45) is 0.194. The smallest absolute Gasteiger partial charge is 0.321 e. The topological polar surface area (TPSA) is 83.9 Å². The quantitative estimate of drug-likeness (QED) is 0.865. The van der Waals surface area contributed by atoms with Crippen molar-refractivity contribution < 1.29 is 23.1 Å². The molecule has 0 radical (unpaired) electrons. The maximum atomic E-state index is 12.7. The molecular formula is C14H21NO5S. The summed E-state index contributed by atoms with van der Waals surface area (Å²) < 4.78 is 31.4. The van der Waals surface area contributed by atoms with E-state index in [0.29, 0.717) is 16.9 Å². The monoisotopic (exact) mass is 315 g/mol. The lowest BCUT2D eigenvalue weighted by Crippen LogP contribution is -2.42. The Morgan fingerprint density at radius 1 is 1.33 bits per heavy atom. The Morgan fingerprint density at radius 3 is 2.14 bits per heavy atom. The first-order valence-corrected chi connectivity index (χ1v) is 7.96. The maximum absolute atomic E-state index is 12.7. The van der Waals surface area contributed by atoms with E-state index in [1.165, 1.54) is 14.2 Å². The van der Waals surface area contributed by atoms with Gasteiger partial charge < -0.3 is 9.84 Å². The predicted molar refractivity (Wildman–Crippen MR) is 79.1 cm³/mol. The van der Waals surface area contributed by atoms with Crippen LogP contribution in [0.15, 0.2) is 17.0 Å². The van der Waals surface area contributed by atoms with Gasteiger partial charge in [-0.3, -0.25) is 4.79 Å².